The SMILES string of the molecule is Cn1c(=O)c2c(ncn2CCOCP(CC(F)(F)F)CC(F)(F)F)n(C)c1=O. The molecule has 0 radical (unpaired) electrons. The minimum atomic E-state index is -4.71. The summed E-state index contributed by atoms with van der Waals surface area (Å²) in [6, 6.07) is 0. The molecule has 28 heavy (non-hydrogen) atoms. The molecule has 0 aliphatic heterocycles. The predicted molar refractivity (Wildman–Crippen MR) is 89.8 cm³/mol. The quantitative estimate of drug-likeness (QED) is 0.380. The van der Waals surface area contributed by atoms with Gasteiger partial charge < -0.3 is 9.30 Å². The van der Waals surface area contributed by atoms with Gasteiger partial charge in [0.2, 0.25) is 0 Å². The molecule has 2 aromatic rings. The largest absolute Gasteiger partial charge is 0.392 e. The van der Waals surface area contributed by atoms with Crippen molar-refractivity contribution in [3.63, 3.8) is 0 Å². The number of ether oxygens (including phenoxy) is 1. The van der Waals surface area contributed by atoms with E-state index in [2.05, 4.69) is 4.98 Å². The maximum absolute atomic E-state index is 12.5. The van der Waals surface area contributed by atoms with Crippen LogP contribution in [0.4, 0.5) is 26.3 Å². The number of halogens is 6. The molecule has 0 saturated heterocycles. The van der Waals surface area contributed by atoms with Gasteiger partial charge in [-0.3, -0.25) is 13.9 Å². The van der Waals surface area contributed by atoms with Gasteiger partial charge in [-0.1, -0.05) is 7.92 Å². The zero-order chi connectivity index (χ0) is 21.3. The minimum Gasteiger partial charge on any atom is -0.375 e. The molecule has 0 aliphatic carbocycles. The molecular weight excluding hydrogens is 417 g/mol. The monoisotopic (exact) mass is 434 g/mol. The third kappa shape index (κ3) is 5.57. The number of aromatic nitrogens is 4. The van der Waals surface area contributed by atoms with Gasteiger partial charge in [0.1, 0.15) is 0 Å². The van der Waals surface area contributed by atoms with Crippen molar-refractivity contribution in [1.29, 1.82) is 0 Å². The van der Waals surface area contributed by atoms with Crippen molar-refractivity contribution in [3.05, 3.63) is 27.2 Å². The Hall–Kier alpha value is -1.88. The molecule has 14 heteroatoms. The summed E-state index contributed by atoms with van der Waals surface area (Å²) < 4.78 is 83.1. The van der Waals surface area contributed by atoms with Crippen LogP contribution in [0.1, 0.15) is 0 Å². The lowest BCUT2D eigenvalue weighted by atomic mass is 10.5. The molecule has 158 valence electrons. The Morgan fingerprint density at radius 3 is 2.14 bits per heavy atom. The van der Waals surface area contributed by atoms with Crippen LogP contribution >= 0.6 is 7.92 Å². The van der Waals surface area contributed by atoms with Gasteiger partial charge in [0.25, 0.3) is 5.56 Å². The van der Waals surface area contributed by atoms with Crippen LogP contribution in [-0.4, -0.2) is 56.3 Å². The number of alkyl halides is 6. The average molecular weight is 434 g/mol. The Morgan fingerprint density at radius 2 is 1.61 bits per heavy atom. The number of fused-ring (bicyclic) bond motifs is 1. The fourth-order valence-electron chi connectivity index (χ4n) is 2.58. The van der Waals surface area contributed by atoms with Gasteiger partial charge in [0.05, 0.1) is 31.6 Å². The molecule has 2 aromatic heterocycles. The van der Waals surface area contributed by atoms with Crippen LogP contribution in [0, 0.1) is 0 Å². The Kier molecular flexibility index (Phi) is 6.59. The van der Waals surface area contributed by atoms with Crippen LogP contribution in [0.25, 0.3) is 11.2 Å². The van der Waals surface area contributed by atoms with E-state index in [1.54, 1.807) is 0 Å². The van der Waals surface area contributed by atoms with Crippen molar-refractivity contribution >= 4 is 19.1 Å². The van der Waals surface area contributed by atoms with E-state index in [4.69, 9.17) is 4.74 Å². The highest BCUT2D eigenvalue weighted by molar-refractivity contribution is 7.57. The van der Waals surface area contributed by atoms with Crippen LogP contribution in [0.15, 0.2) is 15.9 Å². The second kappa shape index (κ2) is 8.24. The molecule has 0 fully saturated rings. The number of nitrogens with zero attached hydrogens (tertiary/aromatic N) is 4. The molecule has 7 nitrogen and oxygen atoms in total. The van der Waals surface area contributed by atoms with Crippen molar-refractivity contribution in [1.82, 2.24) is 18.7 Å². The number of hydrogen-bond donors (Lipinski definition) is 0. The Bertz CT molecular complexity index is 930. The molecule has 0 N–H and O–H groups in total. The summed E-state index contributed by atoms with van der Waals surface area (Å²) in [4.78, 5) is 28.0. The maximum Gasteiger partial charge on any atom is 0.392 e. The van der Waals surface area contributed by atoms with Crippen molar-refractivity contribution in [2.75, 3.05) is 25.3 Å². The number of imidazole rings is 1. The van der Waals surface area contributed by atoms with E-state index in [0.29, 0.717) is 0 Å². The topological polar surface area (TPSA) is 71.0 Å². The van der Waals surface area contributed by atoms with Crippen LogP contribution in [0.3, 0.4) is 0 Å². The van der Waals surface area contributed by atoms with Gasteiger partial charge in [0.15, 0.2) is 11.2 Å². The van der Waals surface area contributed by atoms with E-state index in [1.165, 1.54) is 25.0 Å². The Balaban J connectivity index is 2.06. The highest BCUT2D eigenvalue weighted by Crippen LogP contribution is 2.45. The molecule has 0 atom stereocenters. The first-order valence-corrected chi connectivity index (χ1v) is 9.74. The third-order valence-electron chi connectivity index (χ3n) is 3.77. The lowest BCUT2D eigenvalue weighted by Gasteiger charge is -2.20. The molecular formula is C14H17F6N4O3P. The fourth-order valence-corrected chi connectivity index (χ4v) is 4.27. The lowest BCUT2D eigenvalue weighted by molar-refractivity contribution is -0.112. The number of hydrogen-bond acceptors (Lipinski definition) is 4. The van der Waals surface area contributed by atoms with E-state index in [0.717, 1.165) is 9.13 Å². The molecule has 0 spiro atoms. The summed E-state index contributed by atoms with van der Waals surface area (Å²) in [5, 5.41) is 0. The summed E-state index contributed by atoms with van der Waals surface area (Å²) in [6.07, 6.45) is -11.9. The number of aryl methyl sites for hydroxylation is 1. The highest BCUT2D eigenvalue weighted by atomic mass is 31.1. The molecule has 2 rings (SSSR count). The van der Waals surface area contributed by atoms with Gasteiger partial charge >= 0.3 is 18.0 Å². The predicted octanol–water partition coefficient (Wildman–Crippen LogP) is 2.01. The summed E-state index contributed by atoms with van der Waals surface area (Å²) in [5.41, 5.74) is -0.999. The zero-order valence-electron chi connectivity index (χ0n) is 14.8. The molecule has 2 heterocycles. The normalized spacial score (nSPS) is 13.0. The van der Waals surface area contributed by atoms with Gasteiger partial charge in [0, 0.05) is 20.6 Å². The highest BCUT2D eigenvalue weighted by Gasteiger charge is 2.38. The summed E-state index contributed by atoms with van der Waals surface area (Å²) in [7, 11) is 0.224. The summed E-state index contributed by atoms with van der Waals surface area (Å²) in [6.45, 7) is -0.239. The molecule has 0 saturated carbocycles. The van der Waals surface area contributed by atoms with E-state index < -0.39 is 50.2 Å². The molecule has 0 aliphatic rings. The average Bonchev–Trinajstić information content (AvgIpc) is 2.96. The van der Waals surface area contributed by atoms with Crippen molar-refractivity contribution < 1.29 is 31.1 Å². The Labute approximate surface area is 155 Å². The minimum absolute atomic E-state index is 0.0227. The van der Waals surface area contributed by atoms with Crippen LogP contribution in [0.2, 0.25) is 0 Å². The Morgan fingerprint density at radius 1 is 1.04 bits per heavy atom. The van der Waals surface area contributed by atoms with Crippen molar-refractivity contribution in [2.24, 2.45) is 14.1 Å². The van der Waals surface area contributed by atoms with Crippen LogP contribution in [0.5, 0.6) is 0 Å². The molecule has 0 unspecified atom stereocenters. The molecule has 0 amide bonds. The maximum atomic E-state index is 12.5. The van der Waals surface area contributed by atoms with Gasteiger partial charge in [-0.15, -0.1) is 0 Å². The van der Waals surface area contributed by atoms with E-state index in [9.17, 15) is 35.9 Å². The zero-order valence-corrected chi connectivity index (χ0v) is 15.7. The van der Waals surface area contributed by atoms with Crippen LogP contribution in [-0.2, 0) is 25.4 Å². The number of rotatable bonds is 7. The third-order valence-corrected chi connectivity index (χ3v) is 5.93. The van der Waals surface area contributed by atoms with Gasteiger partial charge in [-0.05, 0) is 0 Å². The van der Waals surface area contributed by atoms with E-state index >= 15 is 0 Å². The summed E-state index contributed by atoms with van der Waals surface area (Å²) >= 11 is 0. The van der Waals surface area contributed by atoms with E-state index in [1.807, 2.05) is 0 Å². The first kappa shape index (κ1) is 22.4. The van der Waals surface area contributed by atoms with E-state index in [-0.39, 0.29) is 24.3 Å². The van der Waals surface area contributed by atoms with Crippen molar-refractivity contribution in [3.8, 4) is 0 Å². The lowest BCUT2D eigenvalue weighted by Crippen LogP contribution is -2.37. The standard InChI is InChI=1S/C14H17F6N4O3P/c1-22-10-9(11(25)23(2)12(22)26)24(7-21-10)3-4-27-8-28(5-13(15,16)17)6-14(18,19)20/h7H,3-6,8H2,1-2H3. The van der Waals surface area contributed by atoms with Crippen molar-refractivity contribution in [2.45, 2.75) is 18.9 Å². The molecule has 0 aromatic carbocycles. The van der Waals surface area contributed by atoms with Gasteiger partial charge in [-0.2, -0.15) is 26.3 Å². The van der Waals surface area contributed by atoms with Gasteiger partial charge in [-0.25, -0.2) is 9.78 Å². The first-order valence-electron chi connectivity index (χ1n) is 7.84. The smallest absolute Gasteiger partial charge is 0.375 e. The fraction of sp³-hybridized carbons (Fsp3) is 0.643. The molecule has 0 bridgehead atoms. The second-order valence-electron chi connectivity index (χ2n) is 6.07. The second-order valence-corrected chi connectivity index (χ2v) is 8.30. The summed E-state index contributed by atoms with van der Waals surface area (Å²) in [5.74, 6) is 0. The first-order chi connectivity index (χ1) is 12.8. The van der Waals surface area contributed by atoms with Crippen LogP contribution < -0.4 is 11.2 Å².